The SMILES string of the molecule is O=C(O)Cc1cccc(CC2CCS(=O)(=O)C2)c1. The van der Waals surface area contributed by atoms with E-state index in [0.717, 1.165) is 11.1 Å². The third-order valence-electron chi connectivity index (χ3n) is 3.20. The summed E-state index contributed by atoms with van der Waals surface area (Å²) in [5.41, 5.74) is 1.79. The minimum absolute atomic E-state index is 0.0107. The number of rotatable bonds is 4. The molecular formula is C13H16O4S. The van der Waals surface area contributed by atoms with E-state index in [1.54, 1.807) is 6.07 Å². The molecule has 1 N–H and O–H groups in total. The van der Waals surface area contributed by atoms with Crippen LogP contribution in [-0.4, -0.2) is 31.0 Å². The summed E-state index contributed by atoms with van der Waals surface area (Å²) in [7, 11) is -2.84. The van der Waals surface area contributed by atoms with Crippen molar-refractivity contribution in [3.05, 3.63) is 35.4 Å². The van der Waals surface area contributed by atoms with Gasteiger partial charge in [0.2, 0.25) is 0 Å². The average molecular weight is 268 g/mol. The number of sulfone groups is 1. The second kappa shape index (κ2) is 5.10. The molecule has 1 aromatic rings. The number of carboxylic acid groups (broad SMARTS) is 1. The third-order valence-corrected chi connectivity index (χ3v) is 5.03. The standard InChI is InChI=1S/C13H16O4S/c14-13(15)8-11-3-1-2-10(6-11)7-12-4-5-18(16,17)9-12/h1-3,6,12H,4-5,7-9H2,(H,14,15). The topological polar surface area (TPSA) is 71.4 Å². The van der Waals surface area contributed by atoms with Gasteiger partial charge < -0.3 is 5.11 Å². The molecule has 1 fully saturated rings. The highest BCUT2D eigenvalue weighted by Crippen LogP contribution is 2.23. The van der Waals surface area contributed by atoms with E-state index in [9.17, 15) is 13.2 Å². The van der Waals surface area contributed by atoms with Crippen molar-refractivity contribution in [2.24, 2.45) is 5.92 Å². The van der Waals surface area contributed by atoms with Gasteiger partial charge in [0.05, 0.1) is 17.9 Å². The maximum Gasteiger partial charge on any atom is 0.307 e. The van der Waals surface area contributed by atoms with Crippen LogP contribution in [0.25, 0.3) is 0 Å². The lowest BCUT2D eigenvalue weighted by atomic mass is 9.97. The van der Waals surface area contributed by atoms with Gasteiger partial charge >= 0.3 is 5.97 Å². The molecule has 1 atom stereocenters. The largest absolute Gasteiger partial charge is 0.481 e. The summed E-state index contributed by atoms with van der Waals surface area (Å²) in [5, 5.41) is 8.73. The van der Waals surface area contributed by atoms with Gasteiger partial charge in [0.1, 0.15) is 0 Å². The molecule has 1 heterocycles. The summed E-state index contributed by atoms with van der Waals surface area (Å²) in [6, 6.07) is 7.40. The molecule has 0 amide bonds. The molecule has 0 saturated carbocycles. The molecule has 98 valence electrons. The minimum Gasteiger partial charge on any atom is -0.481 e. The van der Waals surface area contributed by atoms with Gasteiger partial charge in [0.25, 0.3) is 0 Å². The van der Waals surface area contributed by atoms with Crippen LogP contribution in [0.1, 0.15) is 17.5 Å². The van der Waals surface area contributed by atoms with Gasteiger partial charge in [-0.25, -0.2) is 8.42 Å². The van der Waals surface area contributed by atoms with Crippen molar-refractivity contribution >= 4 is 15.8 Å². The number of benzene rings is 1. The first-order valence-electron chi connectivity index (χ1n) is 5.95. The van der Waals surface area contributed by atoms with Crippen molar-refractivity contribution < 1.29 is 18.3 Å². The van der Waals surface area contributed by atoms with Crippen molar-refractivity contribution in [1.29, 1.82) is 0 Å². The average Bonchev–Trinajstić information content (AvgIpc) is 2.57. The smallest absolute Gasteiger partial charge is 0.307 e. The highest BCUT2D eigenvalue weighted by Gasteiger charge is 2.27. The zero-order chi connectivity index (χ0) is 13.2. The van der Waals surface area contributed by atoms with Gasteiger partial charge in [0, 0.05) is 0 Å². The van der Waals surface area contributed by atoms with Crippen molar-refractivity contribution in [2.45, 2.75) is 19.3 Å². The summed E-state index contributed by atoms with van der Waals surface area (Å²) in [6.45, 7) is 0. The molecule has 1 aliphatic heterocycles. The molecule has 0 radical (unpaired) electrons. The quantitative estimate of drug-likeness (QED) is 0.893. The van der Waals surface area contributed by atoms with Gasteiger partial charge in [-0.15, -0.1) is 0 Å². The molecule has 5 heteroatoms. The fourth-order valence-electron chi connectivity index (χ4n) is 2.41. The summed E-state index contributed by atoms with van der Waals surface area (Å²) in [5.74, 6) is -0.131. The molecule has 1 aliphatic rings. The summed E-state index contributed by atoms with van der Waals surface area (Å²) >= 11 is 0. The van der Waals surface area contributed by atoms with Gasteiger partial charge in [-0.05, 0) is 29.9 Å². The van der Waals surface area contributed by atoms with E-state index in [4.69, 9.17) is 5.11 Å². The molecule has 2 rings (SSSR count). The zero-order valence-electron chi connectivity index (χ0n) is 10.0. The van der Waals surface area contributed by atoms with E-state index < -0.39 is 15.8 Å². The lowest BCUT2D eigenvalue weighted by Crippen LogP contribution is -2.08. The van der Waals surface area contributed by atoms with Gasteiger partial charge in [0.15, 0.2) is 9.84 Å². The summed E-state index contributed by atoms with van der Waals surface area (Å²) in [4.78, 5) is 10.6. The number of aliphatic carboxylic acids is 1. The number of hydrogen-bond donors (Lipinski definition) is 1. The van der Waals surface area contributed by atoms with Crippen LogP contribution in [0.2, 0.25) is 0 Å². The Bertz CT molecular complexity index is 548. The van der Waals surface area contributed by atoms with E-state index in [-0.39, 0.29) is 23.8 Å². The van der Waals surface area contributed by atoms with Crippen molar-refractivity contribution in [2.75, 3.05) is 11.5 Å². The summed E-state index contributed by atoms with van der Waals surface area (Å²) < 4.78 is 22.7. The second-order valence-corrected chi connectivity index (χ2v) is 7.09. The van der Waals surface area contributed by atoms with Crippen molar-refractivity contribution in [1.82, 2.24) is 0 Å². The van der Waals surface area contributed by atoms with Crippen LogP contribution in [0.15, 0.2) is 24.3 Å². The summed E-state index contributed by atoms with van der Waals surface area (Å²) in [6.07, 6.45) is 1.44. The monoisotopic (exact) mass is 268 g/mol. The minimum atomic E-state index is -2.84. The van der Waals surface area contributed by atoms with Crippen LogP contribution in [-0.2, 0) is 27.5 Å². The lowest BCUT2D eigenvalue weighted by Gasteiger charge is -2.08. The van der Waals surface area contributed by atoms with Crippen molar-refractivity contribution in [3.63, 3.8) is 0 Å². The van der Waals surface area contributed by atoms with Crippen LogP contribution in [0.4, 0.5) is 0 Å². The fourth-order valence-corrected chi connectivity index (χ4v) is 4.27. The molecule has 1 aromatic carbocycles. The predicted molar refractivity (Wildman–Crippen MR) is 68.2 cm³/mol. The van der Waals surface area contributed by atoms with E-state index in [1.165, 1.54) is 0 Å². The fraction of sp³-hybridized carbons (Fsp3) is 0.462. The van der Waals surface area contributed by atoms with Crippen LogP contribution in [0.3, 0.4) is 0 Å². The molecule has 0 spiro atoms. The van der Waals surface area contributed by atoms with E-state index in [1.807, 2.05) is 18.2 Å². The third kappa shape index (κ3) is 3.57. The predicted octanol–water partition coefficient (Wildman–Crippen LogP) is 1.29. The first kappa shape index (κ1) is 13.1. The Balaban J connectivity index is 2.04. The first-order chi connectivity index (χ1) is 8.44. The van der Waals surface area contributed by atoms with Crippen LogP contribution >= 0.6 is 0 Å². The zero-order valence-corrected chi connectivity index (χ0v) is 10.8. The van der Waals surface area contributed by atoms with Gasteiger partial charge in [-0.1, -0.05) is 24.3 Å². The molecule has 4 nitrogen and oxygen atoms in total. The maximum atomic E-state index is 11.4. The first-order valence-corrected chi connectivity index (χ1v) is 7.77. The van der Waals surface area contributed by atoms with Crippen LogP contribution < -0.4 is 0 Å². The van der Waals surface area contributed by atoms with E-state index in [0.29, 0.717) is 12.8 Å². The lowest BCUT2D eigenvalue weighted by molar-refractivity contribution is -0.136. The Morgan fingerprint density at radius 1 is 1.33 bits per heavy atom. The molecule has 0 bridgehead atoms. The van der Waals surface area contributed by atoms with E-state index in [2.05, 4.69) is 0 Å². The highest BCUT2D eigenvalue weighted by atomic mass is 32.2. The molecule has 1 unspecified atom stereocenters. The highest BCUT2D eigenvalue weighted by molar-refractivity contribution is 7.91. The van der Waals surface area contributed by atoms with Crippen molar-refractivity contribution in [3.8, 4) is 0 Å². The molecule has 0 aromatic heterocycles. The second-order valence-electron chi connectivity index (χ2n) is 4.86. The molecule has 0 aliphatic carbocycles. The number of hydrogen-bond acceptors (Lipinski definition) is 3. The normalized spacial score (nSPS) is 21.9. The number of carbonyl (C=O) groups is 1. The Morgan fingerprint density at radius 3 is 2.67 bits per heavy atom. The maximum absolute atomic E-state index is 11.4. The van der Waals surface area contributed by atoms with Crippen LogP contribution in [0, 0.1) is 5.92 Å². The van der Waals surface area contributed by atoms with E-state index >= 15 is 0 Å². The van der Waals surface area contributed by atoms with Gasteiger partial charge in [-0.2, -0.15) is 0 Å². The van der Waals surface area contributed by atoms with Gasteiger partial charge in [-0.3, -0.25) is 4.79 Å². The van der Waals surface area contributed by atoms with Crippen LogP contribution in [0.5, 0.6) is 0 Å². The number of carboxylic acids is 1. The molecule has 18 heavy (non-hydrogen) atoms. The Kier molecular flexibility index (Phi) is 3.71. The Hall–Kier alpha value is -1.36. The Labute approximate surface area is 107 Å². The molecular weight excluding hydrogens is 252 g/mol. The Morgan fingerprint density at radius 2 is 2.06 bits per heavy atom. The molecule has 1 saturated heterocycles.